The smallest absolute Gasteiger partial charge is 0.323 e. The quantitative estimate of drug-likeness (QED) is 0.0761. The van der Waals surface area contributed by atoms with Gasteiger partial charge in [0.15, 0.2) is 0 Å². The number of ether oxygens (including phenoxy) is 2. The Balaban J connectivity index is 0.000000134. The van der Waals surface area contributed by atoms with Gasteiger partial charge in [0, 0.05) is 99.4 Å². The first kappa shape index (κ1) is 85.0. The zero-order valence-corrected chi connectivity index (χ0v) is 76.7. The van der Waals surface area contributed by atoms with Crippen molar-refractivity contribution in [1.29, 1.82) is 0 Å². The van der Waals surface area contributed by atoms with Crippen LogP contribution < -0.4 is 68.4 Å². The lowest BCUT2D eigenvalue weighted by Gasteiger charge is -2.28. The van der Waals surface area contributed by atoms with Gasteiger partial charge in [0.2, 0.25) is 0 Å². The summed E-state index contributed by atoms with van der Waals surface area (Å²) in [6.45, 7) is 8.57. The molecule has 18 rings (SSSR count). The number of amides is 3. The molecule has 0 spiro atoms. The molecule has 3 aliphatic carbocycles. The van der Waals surface area contributed by atoms with E-state index in [1.807, 2.05) is 63.2 Å². The lowest BCUT2D eigenvalue weighted by Crippen LogP contribution is -2.35. The molecule has 0 radical (unpaired) electrons. The van der Waals surface area contributed by atoms with Crippen LogP contribution in [0.4, 0.5) is 34.1 Å². The first-order valence-corrected chi connectivity index (χ1v) is 47.6. The molecule has 6 fully saturated rings. The lowest BCUT2D eigenvalue weighted by molar-refractivity contribution is -0.138. The van der Waals surface area contributed by atoms with Crippen molar-refractivity contribution in [2.45, 2.75) is 154 Å². The maximum atomic E-state index is 13.5. The number of thioether (sulfide) groups is 3. The summed E-state index contributed by atoms with van der Waals surface area (Å²) in [5, 5.41) is 19.0. The molecule has 32 heteroatoms. The van der Waals surface area contributed by atoms with E-state index in [9.17, 15) is 48.6 Å². The van der Waals surface area contributed by atoms with Crippen LogP contribution in [0.1, 0.15) is 149 Å². The highest BCUT2D eigenvalue weighted by Gasteiger charge is 2.46. The Morgan fingerprint density at radius 2 is 0.833 bits per heavy atom. The Kier molecular flexibility index (Phi) is 25.3. The summed E-state index contributed by atoms with van der Waals surface area (Å²) >= 11 is 30.8. The SMILES string of the molecule is CCCCN1C(=O)/C(=c2\s/c(=C/c3ccc4c(c3)C3CCCC3N4c3ccc(OC)cc3)c(=O)n2CC)SC1=S.CCN1C(=O)/C(=c2\s/c(=C/c3cc(Br)c4c(c3)C3CCCC3N4c3ccc(Br)cc3)c(=O)n2CC(=O)O)SC1=S.CCN1C(=O)/C(=c2\s/c(=C/c3ccc4c(c3)C3CCCC3N4c3ccc(OC)cc3)c(=O)n2CC(=O)O)SC1=S. The van der Waals surface area contributed by atoms with Gasteiger partial charge in [0.1, 0.15) is 66.3 Å². The molecule has 6 atom stereocenters. The number of nitrogens with zero attached hydrogens (tertiary/aromatic N) is 9. The average Bonchev–Trinajstić information content (AvgIpc) is 1.59. The number of thiocarbonyl (C=S) groups is 3. The van der Waals surface area contributed by atoms with Crippen LogP contribution in [-0.2, 0) is 43.6 Å². The van der Waals surface area contributed by atoms with Crippen molar-refractivity contribution in [3.05, 3.63) is 222 Å². The minimum atomic E-state index is -1.15. The van der Waals surface area contributed by atoms with Crippen molar-refractivity contribution in [2.75, 3.05) is 48.6 Å². The Labute approximate surface area is 748 Å². The highest BCUT2D eigenvalue weighted by molar-refractivity contribution is 9.11. The number of halogens is 2. The van der Waals surface area contributed by atoms with Gasteiger partial charge in [-0.1, -0.05) is 133 Å². The van der Waals surface area contributed by atoms with Crippen LogP contribution in [0.5, 0.6) is 11.5 Å². The predicted molar refractivity (Wildman–Crippen MR) is 502 cm³/mol. The number of carboxylic acids is 2. The van der Waals surface area contributed by atoms with Gasteiger partial charge in [-0.2, -0.15) is 0 Å². The van der Waals surface area contributed by atoms with Crippen molar-refractivity contribution in [3.63, 3.8) is 0 Å². The third-order valence-corrected chi connectivity index (χ3v) is 32.7. The number of benzene rings is 6. The number of rotatable bonds is 18. The summed E-state index contributed by atoms with van der Waals surface area (Å²) in [6, 6.07) is 43.0. The number of aliphatic carboxylic acids is 2. The number of carbonyl (C=O) groups is 5. The van der Waals surface area contributed by atoms with E-state index in [1.165, 1.54) is 95.0 Å². The summed E-state index contributed by atoms with van der Waals surface area (Å²) in [5.41, 5.74) is 12.7. The number of hydrogen-bond acceptors (Lipinski definition) is 22. The maximum Gasteiger partial charge on any atom is 0.323 e. The van der Waals surface area contributed by atoms with Gasteiger partial charge in [-0.15, -0.1) is 34.0 Å². The molecule has 3 saturated carbocycles. The molecule has 6 unspecified atom stereocenters. The Morgan fingerprint density at radius 3 is 1.24 bits per heavy atom. The van der Waals surface area contributed by atoms with E-state index in [0.29, 0.717) is 117 Å². The third kappa shape index (κ3) is 16.0. The molecule has 6 aliphatic heterocycles. The minimum absolute atomic E-state index is 0.0552. The maximum absolute atomic E-state index is 13.5. The summed E-state index contributed by atoms with van der Waals surface area (Å²) in [4.78, 5) is 116. The van der Waals surface area contributed by atoms with Crippen LogP contribution in [0.15, 0.2) is 145 Å². The number of anilines is 6. The second-order valence-electron chi connectivity index (χ2n) is 30.2. The summed E-state index contributed by atoms with van der Waals surface area (Å²) < 4.78 is 20.9. The summed E-state index contributed by atoms with van der Waals surface area (Å²) in [6.07, 6.45) is 17.8. The first-order valence-electron chi connectivity index (χ1n) is 39.9. The Hall–Kier alpha value is -8.54. The summed E-state index contributed by atoms with van der Waals surface area (Å²) in [5.74, 6) is -0.0430. The van der Waals surface area contributed by atoms with Crippen LogP contribution in [-0.4, -0.2) is 133 Å². The number of methoxy groups -OCH3 is 2. The first-order chi connectivity index (χ1) is 57.9. The van der Waals surface area contributed by atoms with Gasteiger partial charge in [-0.3, -0.25) is 66.8 Å². The van der Waals surface area contributed by atoms with Crippen molar-refractivity contribution in [2.24, 2.45) is 0 Å². The highest BCUT2D eigenvalue weighted by atomic mass is 79.9. The molecule has 9 heterocycles. The van der Waals surface area contributed by atoms with Gasteiger partial charge >= 0.3 is 11.9 Å². The predicted octanol–water partition coefficient (Wildman–Crippen LogP) is 14.1. The standard InChI is InChI=1S/C31H33N3O3S3.C29H27N3O5S3.C28H23Br2N3O4S3/c1-4-6-16-33-29(36)27(40-31(33)38)30-32(5-2)28(35)26(39-30)18-19-10-15-25-23(17-19)22-8-7-9-24(22)34(25)20-11-13-21(37-3)14-12-20;1-3-30-27(36)25(40-29(30)38)28-31(15-24(33)34)26(35)23(39-28)14-16-7-12-22-20(13-16)19-5-4-6-21(19)32(22)17-8-10-18(37-2)11-9-17;1-2-31-26(37)24(40-28(31)38)27-32(13-22(34)35)25(36)21(39-27)12-14-10-18-17-4-3-5-20(17)33(23(18)19(30)11-14)16-8-6-15(29)7-9-16/h10-15,17-18,22,24H,4-9,16H2,1-3H3;7-14,19,21H,3-6,15H2,1-2H3,(H,33,34);6-12,17,20H,2-5,13H2,1H3,(H,34,35)/b26-18+,30-27+;23-14+,28-25+;21-12+,27-24+. The van der Waals surface area contributed by atoms with Crippen LogP contribution in [0.3, 0.4) is 0 Å². The molecule has 0 bridgehead atoms. The fourth-order valence-corrected chi connectivity index (χ4v) is 26.9. The minimum Gasteiger partial charge on any atom is -0.497 e. The van der Waals surface area contributed by atoms with Gasteiger partial charge < -0.3 is 34.4 Å². The molecule has 21 nitrogen and oxygen atoms in total. The number of thiazole rings is 3. The largest absolute Gasteiger partial charge is 0.497 e. The van der Waals surface area contributed by atoms with Crippen molar-refractivity contribution in [1.82, 2.24) is 28.4 Å². The molecule has 620 valence electrons. The molecular formula is C88H83Br2N9O12S9. The number of unbranched alkanes of at least 4 members (excludes halogenated alkanes) is 1. The number of carbonyl (C=O) groups excluding carboxylic acids is 3. The van der Waals surface area contributed by atoms with Crippen LogP contribution in [0, 0.1) is 0 Å². The van der Waals surface area contributed by atoms with Crippen molar-refractivity contribution >= 4 is 247 Å². The molecule has 3 saturated heterocycles. The van der Waals surface area contributed by atoms with E-state index in [-0.39, 0.29) is 23.3 Å². The zero-order valence-electron chi connectivity index (χ0n) is 66.2. The van der Waals surface area contributed by atoms with E-state index in [1.54, 1.807) is 35.8 Å². The molecule has 6 aromatic carbocycles. The molecule has 3 amide bonds. The van der Waals surface area contributed by atoms with E-state index in [2.05, 4.69) is 138 Å². The molecule has 9 aromatic rings. The number of carboxylic acid groups (broad SMARTS) is 2. The van der Waals surface area contributed by atoms with E-state index in [4.69, 9.17) is 46.1 Å². The highest BCUT2D eigenvalue weighted by Crippen LogP contribution is 2.57. The lowest BCUT2D eigenvalue weighted by atomic mass is 9.96. The molecule has 3 aromatic heterocycles. The third-order valence-electron chi connectivity index (χ3n) is 23.4. The normalized spacial score (nSPS) is 21.9. The van der Waals surface area contributed by atoms with Crippen LogP contribution in [0.2, 0.25) is 0 Å². The van der Waals surface area contributed by atoms with Gasteiger partial charge in [0.05, 0.1) is 33.5 Å². The molecule has 9 aliphatic rings. The fraction of sp³-hybridized carbons (Fsp3) is 0.330. The number of aromatic nitrogens is 3. The second-order valence-corrected chi connectivity index (χ2v) is 40.0. The summed E-state index contributed by atoms with van der Waals surface area (Å²) in [7, 11) is 3.35. The van der Waals surface area contributed by atoms with Crippen LogP contribution >= 0.6 is 138 Å². The topological polar surface area (TPSA) is 230 Å². The zero-order chi connectivity index (χ0) is 84.4. The van der Waals surface area contributed by atoms with E-state index < -0.39 is 36.1 Å². The van der Waals surface area contributed by atoms with Crippen LogP contribution in [0.25, 0.3) is 32.9 Å². The van der Waals surface area contributed by atoms with Crippen molar-refractivity contribution < 1.29 is 43.7 Å². The molecular weight excluding hydrogens is 1820 g/mol. The Morgan fingerprint density at radius 1 is 0.458 bits per heavy atom. The molecule has 2 N–H and O–H groups in total. The van der Waals surface area contributed by atoms with Gasteiger partial charge in [-0.25, -0.2) is 0 Å². The fourth-order valence-electron chi connectivity index (χ4n) is 18.0. The number of fused-ring (bicyclic) bond motifs is 9. The monoisotopic (exact) mass is 1900 g/mol. The Bertz CT molecular complexity index is 6360. The van der Waals surface area contributed by atoms with E-state index in [0.717, 1.165) is 152 Å². The average molecular weight is 1910 g/mol. The second kappa shape index (κ2) is 35.7. The van der Waals surface area contributed by atoms with Crippen molar-refractivity contribution in [3.8, 4) is 11.5 Å². The molecule has 120 heavy (non-hydrogen) atoms. The van der Waals surface area contributed by atoms with Gasteiger partial charge in [0.25, 0.3) is 34.4 Å². The number of hydrogen-bond donors (Lipinski definition) is 2. The van der Waals surface area contributed by atoms with Gasteiger partial charge in [-0.05, 0) is 242 Å². The van der Waals surface area contributed by atoms with E-state index >= 15 is 0 Å².